The summed E-state index contributed by atoms with van der Waals surface area (Å²) in [5.74, 6) is 0.846. The fraction of sp³-hybridized carbons (Fsp3) is 0.333. The molecule has 3 heteroatoms. The van der Waals surface area contributed by atoms with Gasteiger partial charge in [0.2, 0.25) is 0 Å². The first-order chi connectivity index (χ1) is 10.1. The van der Waals surface area contributed by atoms with Crippen LogP contribution in [0, 0.1) is 32.1 Å². The Morgan fingerprint density at radius 3 is 2.52 bits per heavy atom. The van der Waals surface area contributed by atoms with Crippen molar-refractivity contribution in [3.63, 3.8) is 0 Å². The van der Waals surface area contributed by atoms with Gasteiger partial charge in [-0.2, -0.15) is 5.26 Å². The quantitative estimate of drug-likeness (QED) is 0.765. The minimum atomic E-state index is 0.732. The SMILES string of the molecule is CCc1c(C)nc(SCc2ccccc2C)c(C#N)c1C. The van der Waals surface area contributed by atoms with Crippen molar-refractivity contribution in [1.29, 1.82) is 5.26 Å². The van der Waals surface area contributed by atoms with Gasteiger partial charge in [-0.05, 0) is 49.4 Å². The summed E-state index contributed by atoms with van der Waals surface area (Å²) in [6, 6.07) is 10.7. The molecule has 2 nitrogen and oxygen atoms in total. The zero-order valence-electron chi connectivity index (χ0n) is 13.0. The van der Waals surface area contributed by atoms with Crippen LogP contribution in [0.2, 0.25) is 0 Å². The van der Waals surface area contributed by atoms with Crippen LogP contribution in [0.15, 0.2) is 29.3 Å². The molecule has 1 aromatic heterocycles. The van der Waals surface area contributed by atoms with Crippen LogP contribution in [0.25, 0.3) is 0 Å². The highest BCUT2D eigenvalue weighted by molar-refractivity contribution is 7.98. The Kier molecular flexibility index (Phi) is 5.03. The van der Waals surface area contributed by atoms with E-state index in [9.17, 15) is 5.26 Å². The zero-order chi connectivity index (χ0) is 15.4. The first-order valence-corrected chi connectivity index (χ1v) is 8.14. The van der Waals surface area contributed by atoms with Crippen molar-refractivity contribution < 1.29 is 0 Å². The smallest absolute Gasteiger partial charge is 0.115 e. The number of thioether (sulfide) groups is 1. The molecule has 0 spiro atoms. The molecule has 1 aromatic carbocycles. The topological polar surface area (TPSA) is 36.7 Å². The van der Waals surface area contributed by atoms with Gasteiger partial charge in [-0.1, -0.05) is 31.2 Å². The number of nitriles is 1. The summed E-state index contributed by atoms with van der Waals surface area (Å²) in [6.45, 7) is 8.29. The molecule has 0 amide bonds. The summed E-state index contributed by atoms with van der Waals surface area (Å²) in [4.78, 5) is 4.66. The molecule has 0 aliphatic heterocycles. The van der Waals surface area contributed by atoms with Crippen molar-refractivity contribution in [2.24, 2.45) is 0 Å². The third-order valence-corrected chi connectivity index (χ3v) is 4.86. The molecule has 0 unspecified atom stereocenters. The molecule has 0 N–H and O–H groups in total. The lowest BCUT2D eigenvalue weighted by atomic mass is 10.0. The van der Waals surface area contributed by atoms with Gasteiger partial charge in [0.25, 0.3) is 0 Å². The summed E-state index contributed by atoms with van der Waals surface area (Å²) in [5, 5.41) is 10.3. The van der Waals surface area contributed by atoms with E-state index in [2.05, 4.69) is 43.1 Å². The summed E-state index contributed by atoms with van der Waals surface area (Å²) in [7, 11) is 0. The fourth-order valence-electron chi connectivity index (χ4n) is 2.53. The Bertz CT molecular complexity index is 699. The van der Waals surface area contributed by atoms with Gasteiger partial charge in [0.15, 0.2) is 0 Å². The third kappa shape index (κ3) is 3.28. The molecule has 0 saturated heterocycles. The van der Waals surface area contributed by atoms with E-state index in [1.54, 1.807) is 11.8 Å². The first kappa shape index (κ1) is 15.6. The van der Waals surface area contributed by atoms with Gasteiger partial charge < -0.3 is 0 Å². The molecule has 0 aliphatic rings. The fourth-order valence-corrected chi connectivity index (χ4v) is 3.69. The Hall–Kier alpha value is -1.79. The highest BCUT2D eigenvalue weighted by Gasteiger charge is 2.14. The lowest BCUT2D eigenvalue weighted by molar-refractivity contribution is 0.953. The molecule has 0 saturated carbocycles. The van der Waals surface area contributed by atoms with Crippen LogP contribution in [-0.2, 0) is 12.2 Å². The molecule has 0 atom stereocenters. The first-order valence-electron chi connectivity index (χ1n) is 7.16. The van der Waals surface area contributed by atoms with E-state index in [0.717, 1.165) is 34.0 Å². The van der Waals surface area contributed by atoms with Gasteiger partial charge in [0, 0.05) is 11.4 Å². The molecule has 2 rings (SSSR count). The third-order valence-electron chi connectivity index (χ3n) is 3.84. The molecule has 1 heterocycles. The van der Waals surface area contributed by atoms with Crippen LogP contribution < -0.4 is 0 Å². The molecule has 21 heavy (non-hydrogen) atoms. The van der Waals surface area contributed by atoms with Crippen molar-refractivity contribution in [3.8, 4) is 6.07 Å². The summed E-state index contributed by atoms with van der Waals surface area (Å²) < 4.78 is 0. The van der Waals surface area contributed by atoms with Crippen LogP contribution in [0.4, 0.5) is 0 Å². The molecular weight excluding hydrogens is 276 g/mol. The number of rotatable bonds is 4. The van der Waals surface area contributed by atoms with Crippen LogP contribution >= 0.6 is 11.8 Å². The predicted molar refractivity (Wildman–Crippen MR) is 88.5 cm³/mol. The summed E-state index contributed by atoms with van der Waals surface area (Å²) in [6.07, 6.45) is 0.919. The maximum absolute atomic E-state index is 9.46. The number of hydrogen-bond donors (Lipinski definition) is 0. The Morgan fingerprint density at radius 1 is 1.19 bits per heavy atom. The van der Waals surface area contributed by atoms with Crippen LogP contribution in [0.1, 0.15) is 40.4 Å². The second-order valence-electron chi connectivity index (χ2n) is 5.16. The van der Waals surface area contributed by atoms with Crippen molar-refractivity contribution in [1.82, 2.24) is 4.98 Å². The normalized spacial score (nSPS) is 10.4. The highest BCUT2D eigenvalue weighted by atomic mass is 32.2. The zero-order valence-corrected chi connectivity index (χ0v) is 13.8. The van der Waals surface area contributed by atoms with Crippen molar-refractivity contribution in [3.05, 3.63) is 57.8 Å². The van der Waals surface area contributed by atoms with Gasteiger partial charge in [-0.3, -0.25) is 0 Å². The number of aryl methyl sites for hydroxylation is 2. The lowest BCUT2D eigenvalue weighted by Gasteiger charge is -2.13. The number of nitrogens with zero attached hydrogens (tertiary/aromatic N) is 2. The Morgan fingerprint density at radius 2 is 1.90 bits per heavy atom. The molecule has 0 radical (unpaired) electrons. The second-order valence-corrected chi connectivity index (χ2v) is 6.13. The van der Waals surface area contributed by atoms with Gasteiger partial charge in [0.05, 0.1) is 5.56 Å². The van der Waals surface area contributed by atoms with Crippen LogP contribution in [-0.4, -0.2) is 4.98 Å². The van der Waals surface area contributed by atoms with E-state index in [1.165, 1.54) is 16.7 Å². The van der Waals surface area contributed by atoms with Crippen LogP contribution in [0.5, 0.6) is 0 Å². The second kappa shape index (κ2) is 6.78. The van der Waals surface area contributed by atoms with Gasteiger partial charge >= 0.3 is 0 Å². The standard InChI is InChI=1S/C18H20N2S/c1-5-16-13(3)17(10-19)18(20-14(16)4)21-11-15-9-7-6-8-12(15)2/h6-9H,5,11H2,1-4H3. The number of aromatic nitrogens is 1. The lowest BCUT2D eigenvalue weighted by Crippen LogP contribution is -2.02. The van der Waals surface area contributed by atoms with Crippen molar-refractivity contribution >= 4 is 11.8 Å². The monoisotopic (exact) mass is 296 g/mol. The molecule has 0 fully saturated rings. The maximum Gasteiger partial charge on any atom is 0.115 e. The predicted octanol–water partition coefficient (Wildman–Crippen LogP) is 4.73. The molecule has 108 valence electrons. The van der Waals surface area contributed by atoms with Gasteiger partial charge in [0.1, 0.15) is 11.1 Å². The van der Waals surface area contributed by atoms with E-state index in [4.69, 9.17) is 0 Å². The Labute approximate surface area is 131 Å². The van der Waals surface area contributed by atoms with E-state index in [0.29, 0.717) is 0 Å². The van der Waals surface area contributed by atoms with Crippen LogP contribution in [0.3, 0.4) is 0 Å². The van der Waals surface area contributed by atoms with Crippen molar-refractivity contribution in [2.45, 2.75) is 44.9 Å². The number of hydrogen-bond acceptors (Lipinski definition) is 3. The maximum atomic E-state index is 9.46. The number of benzene rings is 1. The Balaban J connectivity index is 2.33. The molecular formula is C18H20N2S. The largest absolute Gasteiger partial charge is 0.245 e. The van der Waals surface area contributed by atoms with Crippen molar-refractivity contribution in [2.75, 3.05) is 0 Å². The van der Waals surface area contributed by atoms with E-state index < -0.39 is 0 Å². The van der Waals surface area contributed by atoms with E-state index in [-0.39, 0.29) is 0 Å². The summed E-state index contributed by atoms with van der Waals surface area (Å²) >= 11 is 1.65. The molecule has 0 bridgehead atoms. The van der Waals surface area contributed by atoms with E-state index >= 15 is 0 Å². The minimum Gasteiger partial charge on any atom is -0.245 e. The highest BCUT2D eigenvalue weighted by Crippen LogP contribution is 2.30. The molecule has 2 aromatic rings. The minimum absolute atomic E-state index is 0.732. The average Bonchev–Trinajstić information content (AvgIpc) is 2.46. The average molecular weight is 296 g/mol. The number of pyridine rings is 1. The van der Waals surface area contributed by atoms with Gasteiger partial charge in [-0.25, -0.2) is 4.98 Å². The van der Waals surface area contributed by atoms with Gasteiger partial charge in [-0.15, -0.1) is 11.8 Å². The van der Waals surface area contributed by atoms with E-state index in [1.807, 2.05) is 19.9 Å². The molecule has 0 aliphatic carbocycles. The summed E-state index contributed by atoms with van der Waals surface area (Å²) in [5.41, 5.74) is 6.63.